The fourth-order valence-electron chi connectivity index (χ4n) is 1.88. The van der Waals surface area contributed by atoms with Gasteiger partial charge in [0.25, 0.3) is 5.91 Å². The number of rotatable bonds is 4. The van der Waals surface area contributed by atoms with Crippen LogP contribution in [0.3, 0.4) is 0 Å². The SMILES string of the molecule is Cc1ncccc1C(=O)NC(CO)c1ccccc1. The highest BCUT2D eigenvalue weighted by Crippen LogP contribution is 2.13. The van der Waals surface area contributed by atoms with Gasteiger partial charge in [-0.15, -0.1) is 0 Å². The molecule has 0 spiro atoms. The number of aryl methyl sites for hydroxylation is 1. The molecule has 1 aromatic carbocycles. The van der Waals surface area contributed by atoms with Gasteiger partial charge in [0.05, 0.1) is 18.2 Å². The van der Waals surface area contributed by atoms with Crippen molar-refractivity contribution < 1.29 is 9.90 Å². The molecule has 1 atom stereocenters. The van der Waals surface area contributed by atoms with Crippen LogP contribution < -0.4 is 5.32 Å². The summed E-state index contributed by atoms with van der Waals surface area (Å²) in [6.45, 7) is 1.64. The van der Waals surface area contributed by atoms with Gasteiger partial charge in [-0.2, -0.15) is 0 Å². The predicted molar refractivity (Wildman–Crippen MR) is 72.7 cm³/mol. The minimum absolute atomic E-state index is 0.144. The highest BCUT2D eigenvalue weighted by atomic mass is 16.3. The highest BCUT2D eigenvalue weighted by molar-refractivity contribution is 5.95. The summed E-state index contributed by atoms with van der Waals surface area (Å²) in [5.74, 6) is -0.228. The van der Waals surface area contributed by atoms with Crippen molar-refractivity contribution in [2.75, 3.05) is 6.61 Å². The van der Waals surface area contributed by atoms with E-state index in [1.54, 1.807) is 25.3 Å². The monoisotopic (exact) mass is 256 g/mol. The van der Waals surface area contributed by atoms with E-state index in [9.17, 15) is 9.90 Å². The largest absolute Gasteiger partial charge is 0.394 e. The zero-order chi connectivity index (χ0) is 13.7. The van der Waals surface area contributed by atoms with Crippen molar-refractivity contribution in [3.63, 3.8) is 0 Å². The third-order valence-corrected chi connectivity index (χ3v) is 2.94. The number of amides is 1. The first-order valence-electron chi connectivity index (χ1n) is 6.10. The molecule has 19 heavy (non-hydrogen) atoms. The number of hydrogen-bond donors (Lipinski definition) is 2. The van der Waals surface area contributed by atoms with Gasteiger partial charge < -0.3 is 10.4 Å². The molecule has 0 fully saturated rings. The summed E-state index contributed by atoms with van der Waals surface area (Å²) >= 11 is 0. The topological polar surface area (TPSA) is 62.2 Å². The molecule has 1 aromatic heterocycles. The van der Waals surface area contributed by atoms with Gasteiger partial charge >= 0.3 is 0 Å². The highest BCUT2D eigenvalue weighted by Gasteiger charge is 2.16. The maximum absolute atomic E-state index is 12.1. The molecule has 0 saturated carbocycles. The van der Waals surface area contributed by atoms with Crippen molar-refractivity contribution in [1.82, 2.24) is 10.3 Å². The van der Waals surface area contributed by atoms with Gasteiger partial charge in [-0.3, -0.25) is 9.78 Å². The first-order valence-corrected chi connectivity index (χ1v) is 6.10. The van der Waals surface area contributed by atoms with Crippen molar-refractivity contribution in [2.24, 2.45) is 0 Å². The molecule has 0 saturated heterocycles. The maximum atomic E-state index is 12.1. The van der Waals surface area contributed by atoms with Gasteiger partial charge in [0, 0.05) is 11.9 Å². The number of nitrogens with zero attached hydrogens (tertiary/aromatic N) is 1. The fourth-order valence-corrected chi connectivity index (χ4v) is 1.88. The van der Waals surface area contributed by atoms with E-state index in [2.05, 4.69) is 10.3 Å². The second-order valence-corrected chi connectivity index (χ2v) is 4.26. The van der Waals surface area contributed by atoms with E-state index in [1.807, 2.05) is 30.3 Å². The van der Waals surface area contributed by atoms with E-state index >= 15 is 0 Å². The van der Waals surface area contributed by atoms with Crippen LogP contribution in [0.4, 0.5) is 0 Å². The molecule has 2 aromatic rings. The summed E-state index contributed by atoms with van der Waals surface area (Å²) in [4.78, 5) is 16.2. The Bertz CT molecular complexity index is 555. The molecule has 98 valence electrons. The Morgan fingerprint density at radius 1 is 1.26 bits per heavy atom. The van der Waals surface area contributed by atoms with Gasteiger partial charge in [-0.05, 0) is 24.6 Å². The molecule has 0 aliphatic heterocycles. The Kier molecular flexibility index (Phi) is 4.26. The Labute approximate surface area is 112 Å². The van der Waals surface area contributed by atoms with Crippen LogP contribution in [0.5, 0.6) is 0 Å². The summed E-state index contributed by atoms with van der Waals surface area (Å²) in [6.07, 6.45) is 1.65. The third-order valence-electron chi connectivity index (χ3n) is 2.94. The molecular weight excluding hydrogens is 240 g/mol. The van der Waals surface area contributed by atoms with Crippen molar-refractivity contribution >= 4 is 5.91 Å². The third kappa shape index (κ3) is 3.17. The zero-order valence-electron chi connectivity index (χ0n) is 10.7. The molecule has 1 amide bonds. The molecule has 4 nitrogen and oxygen atoms in total. The van der Waals surface area contributed by atoms with E-state index in [0.29, 0.717) is 11.3 Å². The Morgan fingerprint density at radius 3 is 2.63 bits per heavy atom. The number of pyridine rings is 1. The van der Waals surface area contributed by atoms with E-state index in [1.165, 1.54) is 0 Å². The van der Waals surface area contributed by atoms with Crippen LogP contribution in [0, 0.1) is 6.92 Å². The number of aliphatic hydroxyl groups is 1. The Morgan fingerprint density at radius 2 is 2.00 bits per heavy atom. The number of carbonyl (C=O) groups is 1. The average Bonchev–Trinajstić information content (AvgIpc) is 2.46. The number of hydrogen-bond acceptors (Lipinski definition) is 3. The maximum Gasteiger partial charge on any atom is 0.253 e. The molecule has 2 N–H and O–H groups in total. The summed E-state index contributed by atoms with van der Waals surface area (Å²) < 4.78 is 0. The van der Waals surface area contributed by atoms with Crippen molar-refractivity contribution in [3.8, 4) is 0 Å². The van der Waals surface area contributed by atoms with Gasteiger partial charge in [0.2, 0.25) is 0 Å². The second-order valence-electron chi connectivity index (χ2n) is 4.26. The van der Waals surface area contributed by atoms with Crippen LogP contribution in [0.25, 0.3) is 0 Å². The van der Waals surface area contributed by atoms with Gasteiger partial charge in [0.1, 0.15) is 0 Å². The van der Waals surface area contributed by atoms with Crippen molar-refractivity contribution in [1.29, 1.82) is 0 Å². The molecule has 1 unspecified atom stereocenters. The van der Waals surface area contributed by atoms with E-state index in [4.69, 9.17) is 0 Å². The molecule has 0 radical (unpaired) electrons. The van der Waals surface area contributed by atoms with Crippen LogP contribution in [0.15, 0.2) is 48.7 Å². The normalized spacial score (nSPS) is 11.9. The Balaban J connectivity index is 2.16. The van der Waals surface area contributed by atoms with Crippen LogP contribution >= 0.6 is 0 Å². The molecular formula is C15H16N2O2. The summed E-state index contributed by atoms with van der Waals surface area (Å²) in [6, 6.07) is 12.4. The van der Waals surface area contributed by atoms with Crippen LogP contribution in [0.2, 0.25) is 0 Å². The van der Waals surface area contributed by atoms with Gasteiger partial charge in [-0.25, -0.2) is 0 Å². The lowest BCUT2D eigenvalue weighted by molar-refractivity contribution is 0.0915. The molecule has 1 heterocycles. The lowest BCUT2D eigenvalue weighted by atomic mass is 10.1. The van der Waals surface area contributed by atoms with Crippen molar-refractivity contribution in [2.45, 2.75) is 13.0 Å². The standard InChI is InChI=1S/C15H16N2O2/c1-11-13(8-5-9-16-11)15(19)17-14(10-18)12-6-3-2-4-7-12/h2-9,14,18H,10H2,1H3,(H,17,19). The lowest BCUT2D eigenvalue weighted by Gasteiger charge is -2.17. The van der Waals surface area contributed by atoms with Crippen LogP contribution in [-0.4, -0.2) is 22.6 Å². The first-order chi connectivity index (χ1) is 9.22. The molecule has 4 heteroatoms. The van der Waals surface area contributed by atoms with Crippen LogP contribution in [0.1, 0.15) is 27.7 Å². The van der Waals surface area contributed by atoms with E-state index in [-0.39, 0.29) is 12.5 Å². The number of aliphatic hydroxyl groups excluding tert-OH is 1. The molecule has 0 aliphatic carbocycles. The van der Waals surface area contributed by atoms with Crippen molar-refractivity contribution in [3.05, 3.63) is 65.5 Å². The quantitative estimate of drug-likeness (QED) is 0.877. The summed E-state index contributed by atoms with van der Waals surface area (Å²) in [5, 5.41) is 12.2. The number of carbonyl (C=O) groups excluding carboxylic acids is 1. The second kappa shape index (κ2) is 6.11. The summed E-state index contributed by atoms with van der Waals surface area (Å²) in [7, 11) is 0. The van der Waals surface area contributed by atoms with E-state index < -0.39 is 6.04 Å². The first kappa shape index (κ1) is 13.2. The fraction of sp³-hybridized carbons (Fsp3) is 0.200. The minimum Gasteiger partial charge on any atom is -0.394 e. The molecule has 0 aliphatic rings. The molecule has 2 rings (SSSR count). The zero-order valence-corrected chi connectivity index (χ0v) is 10.7. The predicted octanol–water partition coefficient (Wildman–Crippen LogP) is 1.85. The Hall–Kier alpha value is -2.20. The smallest absolute Gasteiger partial charge is 0.253 e. The molecule has 0 bridgehead atoms. The summed E-state index contributed by atoms with van der Waals surface area (Å²) in [5.41, 5.74) is 2.07. The number of aromatic nitrogens is 1. The van der Waals surface area contributed by atoms with Crippen LogP contribution in [-0.2, 0) is 0 Å². The number of benzene rings is 1. The van der Waals surface area contributed by atoms with Gasteiger partial charge in [0.15, 0.2) is 0 Å². The van der Waals surface area contributed by atoms with E-state index in [0.717, 1.165) is 5.56 Å². The minimum atomic E-state index is -0.409. The van der Waals surface area contributed by atoms with Gasteiger partial charge in [-0.1, -0.05) is 30.3 Å². The average molecular weight is 256 g/mol. The number of nitrogens with one attached hydrogen (secondary N) is 1. The lowest BCUT2D eigenvalue weighted by Crippen LogP contribution is -2.31.